The molecule has 0 N–H and O–H groups in total. The Kier molecular flexibility index (Phi) is 4.01. The summed E-state index contributed by atoms with van der Waals surface area (Å²) >= 11 is 0. The van der Waals surface area contributed by atoms with Crippen LogP contribution in [0.25, 0.3) is 16.7 Å². The molecule has 0 radical (unpaired) electrons. The number of fused-ring (bicyclic) bond motifs is 1. The molecule has 1 aromatic heterocycles. The number of hydrogen-bond acceptors (Lipinski definition) is 3. The SMILES string of the molecule is CC(C)(C)/C(C=O)=C(/c1ccc(F)cc1)n1nnc2ccccc21. The van der Waals surface area contributed by atoms with Gasteiger partial charge in [0.2, 0.25) is 0 Å². The van der Waals surface area contributed by atoms with Crippen molar-refractivity contribution in [3.05, 3.63) is 65.5 Å². The van der Waals surface area contributed by atoms with Crippen LogP contribution >= 0.6 is 0 Å². The average molecular weight is 323 g/mol. The fourth-order valence-electron chi connectivity index (χ4n) is 2.62. The monoisotopic (exact) mass is 323 g/mol. The van der Waals surface area contributed by atoms with Crippen molar-refractivity contribution in [3.63, 3.8) is 0 Å². The first-order valence-electron chi connectivity index (χ1n) is 7.68. The Morgan fingerprint density at radius 1 is 1.08 bits per heavy atom. The Bertz CT molecular complexity index is 918. The smallest absolute Gasteiger partial charge is 0.148 e. The van der Waals surface area contributed by atoms with Gasteiger partial charge in [-0.1, -0.05) is 38.1 Å². The first-order chi connectivity index (χ1) is 11.4. The number of rotatable bonds is 3. The van der Waals surface area contributed by atoms with E-state index in [9.17, 15) is 9.18 Å². The summed E-state index contributed by atoms with van der Waals surface area (Å²) in [5, 5.41) is 8.40. The topological polar surface area (TPSA) is 47.8 Å². The van der Waals surface area contributed by atoms with Gasteiger partial charge in [0.15, 0.2) is 0 Å². The number of benzene rings is 2. The van der Waals surface area contributed by atoms with E-state index < -0.39 is 5.41 Å². The number of para-hydroxylation sites is 1. The molecule has 0 unspecified atom stereocenters. The van der Waals surface area contributed by atoms with Crippen molar-refractivity contribution < 1.29 is 9.18 Å². The Hall–Kier alpha value is -2.82. The summed E-state index contributed by atoms with van der Waals surface area (Å²) in [5.41, 5.74) is 3.02. The molecule has 5 heteroatoms. The summed E-state index contributed by atoms with van der Waals surface area (Å²) in [4.78, 5) is 11.9. The Balaban J connectivity index is 2.36. The van der Waals surface area contributed by atoms with Crippen LogP contribution in [0.4, 0.5) is 4.39 Å². The minimum absolute atomic E-state index is 0.329. The zero-order chi connectivity index (χ0) is 17.3. The van der Waals surface area contributed by atoms with Crippen LogP contribution in [0.5, 0.6) is 0 Å². The fraction of sp³-hybridized carbons (Fsp3) is 0.211. The van der Waals surface area contributed by atoms with Crippen molar-refractivity contribution >= 4 is 23.0 Å². The molecule has 0 aliphatic carbocycles. The largest absolute Gasteiger partial charge is 0.298 e. The molecule has 0 spiro atoms. The predicted octanol–water partition coefficient (Wildman–Crippen LogP) is 4.07. The fourth-order valence-corrected chi connectivity index (χ4v) is 2.62. The molecule has 0 aliphatic heterocycles. The summed E-state index contributed by atoms with van der Waals surface area (Å²) in [5.74, 6) is -0.329. The number of aldehydes is 1. The van der Waals surface area contributed by atoms with Gasteiger partial charge in [0, 0.05) is 11.1 Å². The van der Waals surface area contributed by atoms with Crippen LogP contribution < -0.4 is 0 Å². The van der Waals surface area contributed by atoms with E-state index in [1.54, 1.807) is 16.8 Å². The molecule has 0 saturated carbocycles. The van der Waals surface area contributed by atoms with Gasteiger partial charge < -0.3 is 0 Å². The maximum absolute atomic E-state index is 13.3. The summed E-state index contributed by atoms with van der Waals surface area (Å²) in [7, 11) is 0. The minimum Gasteiger partial charge on any atom is -0.298 e. The lowest BCUT2D eigenvalue weighted by Gasteiger charge is -2.23. The molecule has 24 heavy (non-hydrogen) atoms. The maximum Gasteiger partial charge on any atom is 0.148 e. The van der Waals surface area contributed by atoms with Gasteiger partial charge in [0.25, 0.3) is 0 Å². The van der Waals surface area contributed by atoms with Crippen LogP contribution in [0.1, 0.15) is 26.3 Å². The van der Waals surface area contributed by atoms with Gasteiger partial charge in [-0.25, -0.2) is 9.07 Å². The van der Waals surface area contributed by atoms with Gasteiger partial charge >= 0.3 is 0 Å². The molecule has 0 aliphatic rings. The van der Waals surface area contributed by atoms with Gasteiger partial charge in [0.1, 0.15) is 17.6 Å². The lowest BCUT2D eigenvalue weighted by molar-refractivity contribution is -0.105. The van der Waals surface area contributed by atoms with Crippen LogP contribution in [0.2, 0.25) is 0 Å². The quantitative estimate of drug-likeness (QED) is 0.539. The molecule has 2 aromatic carbocycles. The number of hydrogen-bond donors (Lipinski definition) is 0. The normalized spacial score (nSPS) is 13.0. The van der Waals surface area contributed by atoms with E-state index in [0.717, 1.165) is 17.3 Å². The highest BCUT2D eigenvalue weighted by molar-refractivity contribution is 5.92. The minimum atomic E-state index is -0.404. The standard InChI is InChI=1S/C19H18FN3O/c1-19(2,3)15(12-24)18(13-8-10-14(20)11-9-13)23-17-7-5-4-6-16(17)21-22-23/h4-12H,1-3H3/b18-15-. The van der Waals surface area contributed by atoms with E-state index in [-0.39, 0.29) is 5.82 Å². The van der Waals surface area contributed by atoms with Crippen LogP contribution in [-0.4, -0.2) is 21.3 Å². The first-order valence-corrected chi connectivity index (χ1v) is 7.68. The van der Waals surface area contributed by atoms with Crippen molar-refractivity contribution in [1.29, 1.82) is 0 Å². The Morgan fingerprint density at radius 3 is 2.38 bits per heavy atom. The summed E-state index contributed by atoms with van der Waals surface area (Å²) in [6.45, 7) is 5.87. The third-order valence-electron chi connectivity index (χ3n) is 3.86. The lowest BCUT2D eigenvalue weighted by Crippen LogP contribution is -2.17. The van der Waals surface area contributed by atoms with Crippen LogP contribution in [0.3, 0.4) is 0 Å². The number of aromatic nitrogens is 3. The second-order valence-electron chi connectivity index (χ2n) is 6.63. The van der Waals surface area contributed by atoms with E-state index >= 15 is 0 Å². The maximum atomic E-state index is 13.3. The Labute approximate surface area is 139 Å². The van der Waals surface area contributed by atoms with E-state index in [1.807, 2.05) is 45.0 Å². The molecular formula is C19H18FN3O. The Morgan fingerprint density at radius 2 is 1.75 bits per heavy atom. The molecule has 4 nitrogen and oxygen atoms in total. The number of allylic oxidation sites excluding steroid dienone is 1. The van der Waals surface area contributed by atoms with Crippen LogP contribution in [0.15, 0.2) is 54.1 Å². The number of carbonyl (C=O) groups is 1. The first kappa shape index (κ1) is 16.1. The molecule has 0 atom stereocenters. The predicted molar refractivity (Wildman–Crippen MR) is 91.8 cm³/mol. The molecule has 0 fully saturated rings. The molecular weight excluding hydrogens is 305 g/mol. The van der Waals surface area contributed by atoms with E-state index in [1.165, 1.54) is 12.1 Å². The molecule has 0 bridgehead atoms. The van der Waals surface area contributed by atoms with E-state index in [0.29, 0.717) is 16.8 Å². The second-order valence-corrected chi connectivity index (χ2v) is 6.63. The summed E-state index contributed by atoms with van der Waals surface area (Å²) in [6, 6.07) is 13.6. The number of carbonyl (C=O) groups excluding carboxylic acids is 1. The van der Waals surface area contributed by atoms with Crippen LogP contribution in [-0.2, 0) is 4.79 Å². The molecule has 122 valence electrons. The van der Waals surface area contributed by atoms with E-state index in [4.69, 9.17) is 0 Å². The van der Waals surface area contributed by atoms with Crippen LogP contribution in [0, 0.1) is 11.2 Å². The van der Waals surface area contributed by atoms with Crippen molar-refractivity contribution in [3.8, 4) is 0 Å². The molecule has 3 aromatic rings. The second kappa shape index (κ2) is 6.00. The third-order valence-corrected chi connectivity index (χ3v) is 3.86. The lowest BCUT2D eigenvalue weighted by atomic mass is 9.84. The zero-order valence-corrected chi connectivity index (χ0v) is 13.8. The van der Waals surface area contributed by atoms with Gasteiger partial charge in [-0.2, -0.15) is 0 Å². The highest BCUT2D eigenvalue weighted by Crippen LogP contribution is 2.33. The zero-order valence-electron chi connectivity index (χ0n) is 13.8. The van der Waals surface area contributed by atoms with Gasteiger partial charge in [-0.3, -0.25) is 4.79 Å². The molecule has 0 amide bonds. The molecule has 3 rings (SSSR count). The highest BCUT2D eigenvalue weighted by atomic mass is 19.1. The van der Waals surface area contributed by atoms with Gasteiger partial charge in [-0.05, 0) is 41.8 Å². The summed E-state index contributed by atoms with van der Waals surface area (Å²) < 4.78 is 15.0. The summed E-state index contributed by atoms with van der Waals surface area (Å²) in [6.07, 6.45) is 0.842. The number of halogens is 1. The van der Waals surface area contributed by atoms with E-state index in [2.05, 4.69) is 10.3 Å². The van der Waals surface area contributed by atoms with Gasteiger partial charge in [-0.15, -0.1) is 5.10 Å². The van der Waals surface area contributed by atoms with Crippen molar-refractivity contribution in [2.45, 2.75) is 20.8 Å². The average Bonchev–Trinajstić information content (AvgIpc) is 2.96. The number of nitrogens with zero attached hydrogens (tertiary/aromatic N) is 3. The molecule has 0 saturated heterocycles. The molecule has 1 heterocycles. The van der Waals surface area contributed by atoms with Crippen molar-refractivity contribution in [1.82, 2.24) is 15.0 Å². The highest BCUT2D eigenvalue weighted by Gasteiger charge is 2.25. The third kappa shape index (κ3) is 2.85. The van der Waals surface area contributed by atoms with Gasteiger partial charge in [0.05, 0.1) is 11.2 Å². The van der Waals surface area contributed by atoms with Crippen molar-refractivity contribution in [2.24, 2.45) is 5.41 Å². The van der Waals surface area contributed by atoms with Crippen molar-refractivity contribution in [2.75, 3.05) is 0 Å².